The molecule has 82 valence electrons. The summed E-state index contributed by atoms with van der Waals surface area (Å²) in [7, 11) is 0. The number of anilines is 1. The molecule has 0 aliphatic carbocycles. The third-order valence-electron chi connectivity index (χ3n) is 1.94. The van der Waals surface area contributed by atoms with Crippen LogP contribution in [-0.4, -0.2) is 12.3 Å². The first-order valence-electron chi connectivity index (χ1n) is 5.30. The first kappa shape index (κ1) is 12.2. The Bertz CT molecular complexity index is 307. The van der Waals surface area contributed by atoms with E-state index in [0.29, 0.717) is 5.92 Å². The molecule has 0 aromatic heterocycles. The summed E-state index contributed by atoms with van der Waals surface area (Å²) in [6.45, 7) is 9.19. The lowest BCUT2D eigenvalue weighted by atomic mass is 10.2. The highest BCUT2D eigenvalue weighted by Crippen LogP contribution is 2.26. The van der Waals surface area contributed by atoms with Crippen molar-refractivity contribution in [2.24, 2.45) is 5.92 Å². The molecule has 15 heavy (non-hydrogen) atoms. The molecule has 0 atom stereocenters. The Balaban J connectivity index is 2.63. The zero-order chi connectivity index (χ0) is 11.1. The van der Waals surface area contributed by atoms with E-state index in [0.717, 1.165) is 12.3 Å². The predicted molar refractivity (Wildman–Crippen MR) is 70.7 cm³/mol. The quantitative estimate of drug-likeness (QED) is 0.575. The number of hydrogen-bond acceptors (Lipinski definition) is 2. The van der Waals surface area contributed by atoms with E-state index in [1.54, 1.807) is 0 Å². The Morgan fingerprint density at radius 1 is 1.40 bits per heavy atom. The summed E-state index contributed by atoms with van der Waals surface area (Å²) in [5.74, 6) is 1.63. The molecule has 0 heterocycles. The molecule has 1 aromatic rings. The average Bonchev–Trinajstić information content (AvgIpc) is 2.24. The minimum atomic E-state index is 0.669. The van der Waals surface area contributed by atoms with Crippen molar-refractivity contribution in [1.29, 1.82) is 0 Å². The van der Waals surface area contributed by atoms with Crippen LogP contribution >= 0.6 is 11.8 Å². The average molecular weight is 221 g/mol. The summed E-state index contributed by atoms with van der Waals surface area (Å²) in [5, 5.41) is 3.47. The van der Waals surface area contributed by atoms with Gasteiger partial charge in [-0.3, -0.25) is 0 Å². The van der Waals surface area contributed by atoms with E-state index in [4.69, 9.17) is 0 Å². The largest absolute Gasteiger partial charge is 0.384 e. The number of thioether (sulfide) groups is 1. The molecule has 1 rings (SSSR count). The van der Waals surface area contributed by atoms with Gasteiger partial charge in [0, 0.05) is 22.9 Å². The van der Waals surface area contributed by atoms with Gasteiger partial charge in [-0.1, -0.05) is 32.1 Å². The van der Waals surface area contributed by atoms with Gasteiger partial charge in [0.05, 0.1) is 0 Å². The van der Waals surface area contributed by atoms with Crippen molar-refractivity contribution in [2.75, 3.05) is 17.6 Å². The zero-order valence-corrected chi connectivity index (χ0v) is 10.3. The zero-order valence-electron chi connectivity index (χ0n) is 9.49. The lowest BCUT2D eigenvalue weighted by Gasteiger charge is -2.12. The monoisotopic (exact) mass is 221 g/mol. The highest BCUT2D eigenvalue weighted by atomic mass is 32.2. The second-order valence-electron chi connectivity index (χ2n) is 3.87. The van der Waals surface area contributed by atoms with E-state index in [2.05, 4.69) is 50.0 Å². The summed E-state index contributed by atoms with van der Waals surface area (Å²) in [6.07, 6.45) is 1.93. The van der Waals surface area contributed by atoms with Crippen molar-refractivity contribution in [2.45, 2.75) is 18.7 Å². The fourth-order valence-corrected chi connectivity index (χ4v) is 1.97. The van der Waals surface area contributed by atoms with E-state index in [9.17, 15) is 0 Å². The standard InChI is InChI=1S/C13H19NS/c1-4-9-15-13-8-6-5-7-12(13)14-10-11(2)3/h4-8,11,14H,1,9-10H2,2-3H3. The van der Waals surface area contributed by atoms with Crippen molar-refractivity contribution in [3.8, 4) is 0 Å². The number of rotatable bonds is 6. The van der Waals surface area contributed by atoms with Gasteiger partial charge in [-0.15, -0.1) is 18.3 Å². The van der Waals surface area contributed by atoms with Crippen molar-refractivity contribution < 1.29 is 0 Å². The Kier molecular flexibility index (Phi) is 5.33. The van der Waals surface area contributed by atoms with Gasteiger partial charge in [0.25, 0.3) is 0 Å². The maximum absolute atomic E-state index is 3.74. The number of nitrogens with one attached hydrogen (secondary N) is 1. The minimum Gasteiger partial charge on any atom is -0.384 e. The van der Waals surface area contributed by atoms with Crippen LogP contribution in [0.5, 0.6) is 0 Å². The van der Waals surface area contributed by atoms with Gasteiger partial charge in [-0.2, -0.15) is 0 Å². The molecule has 0 unspecified atom stereocenters. The van der Waals surface area contributed by atoms with Crippen LogP contribution < -0.4 is 5.32 Å². The fourth-order valence-electron chi connectivity index (χ4n) is 1.20. The van der Waals surface area contributed by atoms with Gasteiger partial charge in [-0.25, -0.2) is 0 Å². The molecule has 0 saturated carbocycles. The van der Waals surface area contributed by atoms with Crippen molar-refractivity contribution in [1.82, 2.24) is 0 Å². The SMILES string of the molecule is C=CCSc1ccccc1NCC(C)C. The second kappa shape index (κ2) is 6.57. The van der Waals surface area contributed by atoms with Crippen molar-refractivity contribution >= 4 is 17.4 Å². The van der Waals surface area contributed by atoms with E-state index in [1.165, 1.54) is 10.6 Å². The third kappa shape index (κ3) is 4.43. The van der Waals surface area contributed by atoms with Crippen LogP contribution in [0, 0.1) is 5.92 Å². The maximum Gasteiger partial charge on any atom is 0.0478 e. The van der Waals surface area contributed by atoms with E-state index >= 15 is 0 Å². The lowest BCUT2D eigenvalue weighted by Crippen LogP contribution is -2.08. The number of hydrogen-bond donors (Lipinski definition) is 1. The maximum atomic E-state index is 3.74. The molecular weight excluding hydrogens is 202 g/mol. The molecule has 1 N–H and O–H groups in total. The number of para-hydroxylation sites is 1. The molecule has 0 amide bonds. The molecule has 1 nitrogen and oxygen atoms in total. The smallest absolute Gasteiger partial charge is 0.0478 e. The summed E-state index contributed by atoms with van der Waals surface area (Å²) in [5.41, 5.74) is 1.23. The van der Waals surface area contributed by atoms with E-state index in [1.807, 2.05) is 17.8 Å². The molecule has 1 aromatic carbocycles. The molecule has 0 bridgehead atoms. The third-order valence-corrected chi connectivity index (χ3v) is 3.01. The van der Waals surface area contributed by atoms with Crippen LogP contribution in [0.4, 0.5) is 5.69 Å². The van der Waals surface area contributed by atoms with Gasteiger partial charge >= 0.3 is 0 Å². The molecule has 2 heteroatoms. The Morgan fingerprint density at radius 2 is 2.13 bits per heavy atom. The molecule has 0 aliphatic heterocycles. The highest BCUT2D eigenvalue weighted by molar-refractivity contribution is 7.99. The van der Waals surface area contributed by atoms with E-state index < -0.39 is 0 Å². The fraction of sp³-hybridized carbons (Fsp3) is 0.385. The molecule has 0 aliphatic rings. The number of benzene rings is 1. The van der Waals surface area contributed by atoms with Gasteiger partial charge < -0.3 is 5.32 Å². The first-order valence-corrected chi connectivity index (χ1v) is 6.29. The van der Waals surface area contributed by atoms with Crippen LogP contribution in [0.3, 0.4) is 0 Å². The minimum absolute atomic E-state index is 0.669. The van der Waals surface area contributed by atoms with Gasteiger partial charge in [-0.05, 0) is 18.1 Å². The van der Waals surface area contributed by atoms with Crippen LogP contribution in [0.25, 0.3) is 0 Å². The summed E-state index contributed by atoms with van der Waals surface area (Å²) >= 11 is 1.82. The molecule has 0 fully saturated rings. The van der Waals surface area contributed by atoms with Gasteiger partial charge in [0.1, 0.15) is 0 Å². The summed E-state index contributed by atoms with van der Waals surface area (Å²) in [6, 6.07) is 8.43. The van der Waals surface area contributed by atoms with Gasteiger partial charge in [0.2, 0.25) is 0 Å². The van der Waals surface area contributed by atoms with Crippen molar-refractivity contribution in [3.05, 3.63) is 36.9 Å². The van der Waals surface area contributed by atoms with Crippen LogP contribution in [0.15, 0.2) is 41.8 Å². The molecule has 0 spiro atoms. The summed E-state index contributed by atoms with van der Waals surface area (Å²) in [4.78, 5) is 1.30. The van der Waals surface area contributed by atoms with Crippen LogP contribution in [0.1, 0.15) is 13.8 Å². The lowest BCUT2D eigenvalue weighted by molar-refractivity contribution is 0.688. The van der Waals surface area contributed by atoms with Gasteiger partial charge in [0.15, 0.2) is 0 Å². The second-order valence-corrected chi connectivity index (χ2v) is 4.93. The topological polar surface area (TPSA) is 12.0 Å². The Hall–Kier alpha value is -0.890. The highest BCUT2D eigenvalue weighted by Gasteiger charge is 2.01. The van der Waals surface area contributed by atoms with E-state index in [-0.39, 0.29) is 0 Å². The Morgan fingerprint density at radius 3 is 2.80 bits per heavy atom. The molecule has 0 saturated heterocycles. The predicted octanol–water partition coefficient (Wildman–Crippen LogP) is 4.03. The molecule has 0 radical (unpaired) electrons. The van der Waals surface area contributed by atoms with Crippen LogP contribution in [0.2, 0.25) is 0 Å². The summed E-state index contributed by atoms with van der Waals surface area (Å²) < 4.78 is 0. The van der Waals surface area contributed by atoms with Crippen molar-refractivity contribution in [3.63, 3.8) is 0 Å². The Labute approximate surface area is 97.0 Å². The van der Waals surface area contributed by atoms with Crippen LogP contribution in [-0.2, 0) is 0 Å². The molecular formula is C13H19NS. The first-order chi connectivity index (χ1) is 7.24. The normalized spacial score (nSPS) is 10.3.